The number of anilines is 3. The van der Waals surface area contributed by atoms with Crippen LogP contribution in [0.25, 0.3) is 0 Å². The Morgan fingerprint density at radius 3 is 2.11 bits per heavy atom. The molecule has 0 saturated carbocycles. The van der Waals surface area contributed by atoms with Gasteiger partial charge in [-0.25, -0.2) is 0 Å². The molecule has 2 aromatic carbocycles. The molecule has 35 heavy (non-hydrogen) atoms. The van der Waals surface area contributed by atoms with Crippen LogP contribution in [-0.4, -0.2) is 21.5 Å². The van der Waals surface area contributed by atoms with Crippen molar-refractivity contribution in [1.29, 1.82) is 0 Å². The molecular weight excluding hydrogens is 476 g/mol. The molecule has 6 nitrogen and oxygen atoms in total. The average molecular weight is 499 g/mol. The van der Waals surface area contributed by atoms with Gasteiger partial charge in [-0.2, -0.15) is 41.3 Å². The Kier molecular flexibility index (Phi) is 8.03. The lowest BCUT2D eigenvalue weighted by Gasteiger charge is -2.14. The molecule has 0 saturated heterocycles. The van der Waals surface area contributed by atoms with Gasteiger partial charge in [-0.1, -0.05) is 32.0 Å². The zero-order valence-corrected chi connectivity index (χ0v) is 18.8. The summed E-state index contributed by atoms with van der Waals surface area (Å²) >= 11 is 0. The van der Waals surface area contributed by atoms with Crippen molar-refractivity contribution in [2.45, 2.75) is 39.2 Å². The summed E-state index contributed by atoms with van der Waals surface area (Å²) in [4.78, 5) is 12.3. The van der Waals surface area contributed by atoms with Gasteiger partial charge < -0.3 is 15.4 Å². The molecule has 188 valence electrons. The van der Waals surface area contributed by atoms with Crippen molar-refractivity contribution in [3.63, 3.8) is 0 Å². The van der Waals surface area contributed by atoms with E-state index in [0.717, 1.165) is 24.6 Å². The molecule has 1 aromatic heterocycles. The molecule has 1 heterocycles. The van der Waals surface area contributed by atoms with E-state index in [-0.39, 0.29) is 29.2 Å². The lowest BCUT2D eigenvalue weighted by Crippen LogP contribution is -2.13. The lowest BCUT2D eigenvalue weighted by atomic mass is 10.1. The zero-order chi connectivity index (χ0) is 25.6. The summed E-state index contributed by atoms with van der Waals surface area (Å²) in [6, 6.07) is 8.93. The summed E-state index contributed by atoms with van der Waals surface area (Å²) in [5, 5.41) is 5.76. The molecule has 2 N–H and O–H groups in total. The summed E-state index contributed by atoms with van der Waals surface area (Å²) in [6.07, 6.45) is -8.24. The maximum Gasteiger partial charge on any atom is 0.416 e. The van der Waals surface area contributed by atoms with Crippen LogP contribution in [0.2, 0.25) is 0 Å². The van der Waals surface area contributed by atoms with Gasteiger partial charge in [0.15, 0.2) is 0 Å². The van der Waals surface area contributed by atoms with Crippen LogP contribution in [0.1, 0.15) is 37.0 Å². The van der Waals surface area contributed by atoms with E-state index in [1.54, 1.807) is 0 Å². The highest BCUT2D eigenvalue weighted by atomic mass is 19.4. The van der Waals surface area contributed by atoms with Crippen molar-refractivity contribution in [2.75, 3.05) is 17.2 Å². The van der Waals surface area contributed by atoms with E-state index in [9.17, 15) is 26.3 Å². The number of ether oxygens (including phenoxy) is 1. The van der Waals surface area contributed by atoms with Crippen LogP contribution >= 0.6 is 0 Å². The van der Waals surface area contributed by atoms with E-state index >= 15 is 0 Å². The van der Waals surface area contributed by atoms with Gasteiger partial charge in [0, 0.05) is 17.8 Å². The van der Waals surface area contributed by atoms with Gasteiger partial charge in [0.2, 0.25) is 11.9 Å². The first-order valence-electron chi connectivity index (χ1n) is 10.6. The third-order valence-corrected chi connectivity index (χ3v) is 4.77. The highest BCUT2D eigenvalue weighted by molar-refractivity contribution is 5.55. The first-order chi connectivity index (χ1) is 16.4. The van der Waals surface area contributed by atoms with Crippen LogP contribution in [-0.2, 0) is 19.0 Å². The summed E-state index contributed by atoms with van der Waals surface area (Å²) < 4.78 is 83.7. The molecule has 0 unspecified atom stereocenters. The third-order valence-electron chi connectivity index (χ3n) is 4.77. The summed E-state index contributed by atoms with van der Waals surface area (Å²) in [5.41, 5.74) is -1.49. The molecule has 0 bridgehead atoms. The summed E-state index contributed by atoms with van der Waals surface area (Å²) in [6.45, 7) is 4.11. The summed E-state index contributed by atoms with van der Waals surface area (Å²) in [7, 11) is 0. The fraction of sp³-hybridized carbons (Fsp3) is 0.348. The molecule has 0 aliphatic rings. The number of alkyl halides is 6. The van der Waals surface area contributed by atoms with Gasteiger partial charge >= 0.3 is 18.4 Å². The number of nitrogens with one attached hydrogen (secondary N) is 2. The topological polar surface area (TPSA) is 72.0 Å². The highest BCUT2D eigenvalue weighted by Gasteiger charge is 2.33. The smallest absolute Gasteiger partial charge is 0.416 e. The van der Waals surface area contributed by atoms with Gasteiger partial charge in [-0.15, -0.1) is 0 Å². The Bertz CT molecular complexity index is 1120. The van der Waals surface area contributed by atoms with E-state index in [1.807, 2.05) is 13.8 Å². The van der Waals surface area contributed by atoms with Crippen LogP contribution in [0.3, 0.4) is 0 Å². The maximum absolute atomic E-state index is 13.3. The maximum atomic E-state index is 13.3. The summed E-state index contributed by atoms with van der Waals surface area (Å²) in [5.74, 6) is 0.448. The number of halogens is 6. The molecule has 0 spiro atoms. The zero-order valence-electron chi connectivity index (χ0n) is 18.8. The minimum Gasteiger partial charge on any atom is -0.458 e. The van der Waals surface area contributed by atoms with E-state index < -0.39 is 30.1 Å². The number of benzene rings is 2. The largest absolute Gasteiger partial charge is 0.458 e. The monoisotopic (exact) mass is 499 g/mol. The second-order valence-corrected chi connectivity index (χ2v) is 8.02. The molecule has 0 atom stereocenters. The van der Waals surface area contributed by atoms with Crippen LogP contribution in [0.4, 0.5) is 43.9 Å². The second-order valence-electron chi connectivity index (χ2n) is 8.02. The Hall–Kier alpha value is -3.57. The molecule has 0 fully saturated rings. The molecule has 0 amide bonds. The third kappa shape index (κ3) is 7.72. The minimum absolute atomic E-state index is 0.0501. The van der Waals surface area contributed by atoms with Crippen LogP contribution in [0, 0.1) is 5.92 Å². The molecule has 0 radical (unpaired) electrons. The predicted octanol–water partition coefficient (Wildman–Crippen LogP) is 6.69. The second kappa shape index (κ2) is 10.8. The SMILES string of the molecule is CC(C)CCNc1nc(Nc2ccc(C(F)(F)F)cc2)nc(OCc2ccccc2C(F)(F)F)n1. The van der Waals surface area contributed by atoms with Crippen LogP contribution in [0.5, 0.6) is 6.01 Å². The minimum atomic E-state index is -4.56. The number of nitrogens with zero attached hydrogens (tertiary/aromatic N) is 3. The number of hydrogen-bond acceptors (Lipinski definition) is 6. The van der Waals surface area contributed by atoms with Crippen molar-refractivity contribution in [3.8, 4) is 6.01 Å². The van der Waals surface area contributed by atoms with E-state index in [1.165, 1.54) is 30.3 Å². The fourth-order valence-electron chi connectivity index (χ4n) is 2.97. The molecule has 3 aromatic rings. The van der Waals surface area contributed by atoms with Gasteiger partial charge in [0.05, 0.1) is 11.1 Å². The van der Waals surface area contributed by atoms with E-state index in [4.69, 9.17) is 4.74 Å². The Morgan fingerprint density at radius 2 is 1.49 bits per heavy atom. The van der Waals surface area contributed by atoms with E-state index in [2.05, 4.69) is 25.6 Å². The normalized spacial score (nSPS) is 12.0. The van der Waals surface area contributed by atoms with Crippen molar-refractivity contribution in [2.24, 2.45) is 5.92 Å². The van der Waals surface area contributed by atoms with Crippen LogP contribution in [0.15, 0.2) is 48.5 Å². The molecule has 12 heteroatoms. The van der Waals surface area contributed by atoms with Crippen LogP contribution < -0.4 is 15.4 Å². The number of aromatic nitrogens is 3. The Balaban J connectivity index is 1.82. The van der Waals surface area contributed by atoms with Crippen molar-refractivity contribution in [1.82, 2.24) is 15.0 Å². The van der Waals surface area contributed by atoms with Crippen molar-refractivity contribution in [3.05, 3.63) is 65.2 Å². The standard InChI is InChI=1S/C23H23F6N5O/c1-14(2)11-12-30-19-32-20(31-17-9-7-16(8-10-17)22(24,25)26)34-21(33-19)35-13-15-5-3-4-6-18(15)23(27,28)29/h3-10,14H,11-13H2,1-2H3,(H2,30,31,32,33,34). The van der Waals surface area contributed by atoms with Gasteiger partial charge in [-0.3, -0.25) is 0 Å². The van der Waals surface area contributed by atoms with Gasteiger partial charge in [-0.05, 0) is 42.7 Å². The van der Waals surface area contributed by atoms with Gasteiger partial charge in [0.25, 0.3) is 0 Å². The quantitative estimate of drug-likeness (QED) is 0.320. The number of rotatable bonds is 9. The fourth-order valence-corrected chi connectivity index (χ4v) is 2.97. The number of hydrogen-bond donors (Lipinski definition) is 2. The first kappa shape index (κ1) is 26.0. The first-order valence-corrected chi connectivity index (χ1v) is 10.6. The molecule has 3 rings (SSSR count). The Labute approximate surface area is 197 Å². The van der Waals surface area contributed by atoms with E-state index in [0.29, 0.717) is 12.5 Å². The molecule has 0 aliphatic carbocycles. The Morgan fingerprint density at radius 1 is 0.829 bits per heavy atom. The van der Waals surface area contributed by atoms with Gasteiger partial charge in [0.1, 0.15) is 6.61 Å². The highest BCUT2D eigenvalue weighted by Crippen LogP contribution is 2.32. The lowest BCUT2D eigenvalue weighted by molar-refractivity contribution is -0.139. The average Bonchev–Trinajstić information content (AvgIpc) is 2.77. The van der Waals surface area contributed by atoms with Crippen molar-refractivity contribution >= 4 is 17.6 Å². The molecule has 0 aliphatic heterocycles. The predicted molar refractivity (Wildman–Crippen MR) is 118 cm³/mol. The van der Waals surface area contributed by atoms with Crippen molar-refractivity contribution < 1.29 is 31.1 Å². The molecular formula is C23H23F6N5O.